The predicted octanol–water partition coefficient (Wildman–Crippen LogP) is 3.87. The van der Waals surface area contributed by atoms with Gasteiger partial charge >= 0.3 is 0 Å². The molecule has 0 radical (unpaired) electrons. The smallest absolute Gasteiger partial charge is 0.258 e. The van der Waals surface area contributed by atoms with Crippen molar-refractivity contribution in [2.24, 2.45) is 4.99 Å². The second-order valence-electron chi connectivity index (χ2n) is 9.50. The van der Waals surface area contributed by atoms with Crippen LogP contribution in [0, 0.1) is 6.92 Å². The third-order valence-electron chi connectivity index (χ3n) is 6.96. The van der Waals surface area contributed by atoms with Crippen LogP contribution >= 0.6 is 0 Å². The summed E-state index contributed by atoms with van der Waals surface area (Å²) >= 11 is 0. The lowest BCUT2D eigenvalue weighted by Gasteiger charge is -2.35. The number of aromatic nitrogens is 3. The number of amides is 1. The number of anilines is 3. The Labute approximate surface area is 208 Å². The summed E-state index contributed by atoms with van der Waals surface area (Å²) in [5.74, 6) is 0.735. The molecule has 2 fully saturated rings. The first-order valence-corrected chi connectivity index (χ1v) is 12.5. The maximum atomic E-state index is 13.2. The summed E-state index contributed by atoms with van der Waals surface area (Å²) < 4.78 is 1.95. The summed E-state index contributed by atoms with van der Waals surface area (Å²) in [6, 6.07) is 4.33. The molecule has 0 atom stereocenters. The topological polar surface area (TPSA) is 113 Å². The van der Waals surface area contributed by atoms with Crippen molar-refractivity contribution in [1.29, 1.82) is 0 Å². The molecule has 9 heteroatoms. The lowest BCUT2D eigenvalue weighted by molar-refractivity contribution is 0.102. The number of piperidine rings is 1. The molecule has 3 aromatic rings. The Hall–Kier alpha value is -3.46. The Kier molecular flexibility index (Phi) is 6.42. The van der Waals surface area contributed by atoms with Crippen LogP contribution in [0.25, 0.3) is 5.65 Å². The molecule has 0 unspecified atom stereocenters. The van der Waals surface area contributed by atoms with Gasteiger partial charge in [0.1, 0.15) is 0 Å². The van der Waals surface area contributed by atoms with Gasteiger partial charge in [0, 0.05) is 58.6 Å². The van der Waals surface area contributed by atoms with Crippen molar-refractivity contribution in [2.45, 2.75) is 51.5 Å². The number of nitrogens with zero attached hydrogens (tertiary/aromatic N) is 5. The third kappa shape index (κ3) is 4.73. The van der Waals surface area contributed by atoms with Gasteiger partial charge in [-0.3, -0.25) is 14.8 Å². The maximum Gasteiger partial charge on any atom is 0.258 e. The van der Waals surface area contributed by atoms with E-state index in [1.54, 1.807) is 19.3 Å². The third-order valence-corrected chi connectivity index (χ3v) is 6.96. The first kappa shape index (κ1) is 23.3. The first-order valence-electron chi connectivity index (χ1n) is 12.5. The van der Waals surface area contributed by atoms with E-state index in [2.05, 4.69) is 37.4 Å². The van der Waals surface area contributed by atoms with Crippen LogP contribution in [0.3, 0.4) is 0 Å². The zero-order chi connectivity index (χ0) is 24.5. The summed E-state index contributed by atoms with van der Waals surface area (Å²) in [5.41, 5.74) is 11.9. The van der Waals surface area contributed by atoms with Gasteiger partial charge in [0.2, 0.25) is 0 Å². The quantitative estimate of drug-likeness (QED) is 0.351. The molecule has 2 aliphatic rings. The molecule has 4 N–H and O–H groups in total. The standard InChI is InChI=1S/C26H34N8O.2H2/c1-4-29-18-9-11-33(12-10-18)22-8-7-19(24(27)20(22)13-28-3)26(35)32-23-15-34-14-21(17-5-6-17)30-16(2)25(34)31-23;;/h7-8,13-15,17-18,29H,4-6,9-12,27H2,1-3H3,(H,32,35);2*1H. The number of benzene rings is 1. The molecule has 2 aromatic heterocycles. The van der Waals surface area contributed by atoms with Gasteiger partial charge in [-0.05, 0) is 51.3 Å². The molecule has 0 spiro atoms. The van der Waals surface area contributed by atoms with E-state index < -0.39 is 0 Å². The van der Waals surface area contributed by atoms with Crippen LogP contribution in [0.1, 0.15) is 68.7 Å². The van der Waals surface area contributed by atoms with Crippen molar-refractivity contribution >= 4 is 35.0 Å². The highest BCUT2D eigenvalue weighted by Gasteiger charge is 2.27. The second-order valence-corrected chi connectivity index (χ2v) is 9.50. The lowest BCUT2D eigenvalue weighted by Crippen LogP contribution is -2.42. The van der Waals surface area contributed by atoms with E-state index in [0.29, 0.717) is 29.0 Å². The predicted molar refractivity (Wildman–Crippen MR) is 145 cm³/mol. The summed E-state index contributed by atoms with van der Waals surface area (Å²) in [6.07, 6.45) is 10.1. The van der Waals surface area contributed by atoms with Crippen molar-refractivity contribution in [1.82, 2.24) is 19.7 Å². The summed E-state index contributed by atoms with van der Waals surface area (Å²) in [6.45, 7) is 6.95. The van der Waals surface area contributed by atoms with Crippen molar-refractivity contribution in [3.8, 4) is 0 Å². The largest absolute Gasteiger partial charge is 0.397 e. The molecular formula is C26H38N8O. The van der Waals surface area contributed by atoms with Crippen LogP contribution in [0.2, 0.25) is 0 Å². The average Bonchev–Trinajstić information content (AvgIpc) is 3.61. The zero-order valence-corrected chi connectivity index (χ0v) is 20.7. The molecule has 1 aromatic carbocycles. The van der Waals surface area contributed by atoms with Crippen LogP contribution in [-0.4, -0.2) is 59.2 Å². The number of nitrogens with one attached hydrogen (secondary N) is 2. The fraction of sp³-hybridized carbons (Fsp3) is 0.462. The Morgan fingerprint density at radius 3 is 2.69 bits per heavy atom. The van der Waals surface area contributed by atoms with E-state index in [9.17, 15) is 4.79 Å². The number of carbonyl (C=O) groups is 1. The van der Waals surface area contributed by atoms with Gasteiger partial charge in [-0.1, -0.05) is 6.92 Å². The van der Waals surface area contributed by atoms with Gasteiger partial charge in [-0.2, -0.15) is 0 Å². The first-order chi connectivity index (χ1) is 17.0. The van der Waals surface area contributed by atoms with E-state index in [-0.39, 0.29) is 8.76 Å². The number of rotatable bonds is 7. The number of hydrogen-bond donors (Lipinski definition) is 3. The highest BCUT2D eigenvalue weighted by Crippen LogP contribution is 2.39. The van der Waals surface area contributed by atoms with Gasteiger partial charge in [0.05, 0.1) is 28.8 Å². The minimum atomic E-state index is -0.290. The molecular weight excluding hydrogens is 440 g/mol. The van der Waals surface area contributed by atoms with E-state index in [1.807, 2.05) is 29.8 Å². The number of imidazole rings is 1. The molecule has 1 aliphatic carbocycles. The average molecular weight is 479 g/mol. The number of aryl methyl sites for hydroxylation is 1. The van der Waals surface area contributed by atoms with Crippen LogP contribution in [0.15, 0.2) is 29.5 Å². The fourth-order valence-electron chi connectivity index (χ4n) is 4.97. The van der Waals surface area contributed by atoms with Gasteiger partial charge in [0.15, 0.2) is 11.5 Å². The normalized spacial score (nSPS) is 16.9. The fourth-order valence-corrected chi connectivity index (χ4v) is 4.97. The zero-order valence-electron chi connectivity index (χ0n) is 20.7. The highest BCUT2D eigenvalue weighted by atomic mass is 16.1. The monoisotopic (exact) mass is 478 g/mol. The number of nitrogen functional groups attached to an aromatic ring is 1. The number of fused-ring (bicyclic) bond motifs is 1. The summed E-state index contributed by atoms with van der Waals surface area (Å²) in [4.78, 5) is 29.0. The molecule has 1 aliphatic heterocycles. The van der Waals surface area contributed by atoms with Crippen molar-refractivity contribution in [3.05, 3.63) is 47.0 Å². The van der Waals surface area contributed by atoms with Crippen LogP contribution in [0.4, 0.5) is 17.2 Å². The Morgan fingerprint density at radius 1 is 1.23 bits per heavy atom. The lowest BCUT2D eigenvalue weighted by atomic mass is 10.00. The minimum absolute atomic E-state index is 0. The van der Waals surface area contributed by atoms with E-state index in [0.717, 1.165) is 60.8 Å². The van der Waals surface area contributed by atoms with Gasteiger partial charge in [-0.15, -0.1) is 0 Å². The van der Waals surface area contributed by atoms with Gasteiger partial charge < -0.3 is 25.7 Å². The number of carbonyl (C=O) groups excluding carboxylic acids is 1. The summed E-state index contributed by atoms with van der Waals surface area (Å²) in [5, 5.41) is 6.46. The van der Waals surface area contributed by atoms with E-state index >= 15 is 0 Å². The van der Waals surface area contributed by atoms with Crippen molar-refractivity contribution < 1.29 is 7.65 Å². The number of nitrogens with two attached hydrogens (primary N) is 1. The molecule has 9 nitrogen and oxygen atoms in total. The van der Waals surface area contributed by atoms with Crippen LogP contribution < -0.4 is 21.3 Å². The highest BCUT2D eigenvalue weighted by molar-refractivity contribution is 6.11. The Balaban J connectivity index is 0.00000190. The Bertz CT molecular complexity index is 1280. The second kappa shape index (κ2) is 9.65. The molecule has 5 rings (SSSR count). The van der Waals surface area contributed by atoms with E-state index in [1.165, 1.54) is 12.8 Å². The van der Waals surface area contributed by atoms with E-state index in [4.69, 9.17) is 5.73 Å². The van der Waals surface area contributed by atoms with Crippen LogP contribution in [-0.2, 0) is 0 Å². The molecule has 1 saturated heterocycles. The Morgan fingerprint density at radius 2 is 2.00 bits per heavy atom. The molecule has 35 heavy (non-hydrogen) atoms. The summed E-state index contributed by atoms with van der Waals surface area (Å²) in [7, 11) is 1.72. The maximum absolute atomic E-state index is 13.2. The molecule has 1 amide bonds. The van der Waals surface area contributed by atoms with Gasteiger partial charge in [-0.25, -0.2) is 4.98 Å². The van der Waals surface area contributed by atoms with Crippen LogP contribution in [0.5, 0.6) is 0 Å². The van der Waals surface area contributed by atoms with Crippen molar-refractivity contribution in [3.63, 3.8) is 0 Å². The van der Waals surface area contributed by atoms with Gasteiger partial charge in [0.25, 0.3) is 5.91 Å². The van der Waals surface area contributed by atoms with Crippen molar-refractivity contribution in [2.75, 3.05) is 42.6 Å². The molecule has 0 bridgehead atoms. The molecule has 188 valence electrons. The SMILES string of the molecule is CCNC1CCN(c2ccc(C(=O)Nc3cn4cc(C5CC5)nc(C)c4n3)c(N)c2C=NC)CC1.[HH].[HH]. The number of aliphatic imine (C=N–C) groups is 1. The number of hydrogen-bond acceptors (Lipinski definition) is 7. The minimum Gasteiger partial charge on any atom is -0.397 e. The molecule has 1 saturated carbocycles. The molecule has 3 heterocycles.